The van der Waals surface area contributed by atoms with Crippen molar-refractivity contribution in [3.63, 3.8) is 0 Å². The van der Waals surface area contributed by atoms with Crippen molar-refractivity contribution in [3.05, 3.63) is 0 Å². The van der Waals surface area contributed by atoms with Gasteiger partial charge in [0.1, 0.15) is 0 Å². The van der Waals surface area contributed by atoms with Crippen molar-refractivity contribution >= 4 is 17.7 Å². The standard InChI is InChI=1S/C18H32N2OS/c1-2-22-14-18(21)20-12-16-7-9-19(10-8-17(16)13-20)11-15-5-3-4-6-15/h15-17H,2-14H2,1H3/t16-,17+. The van der Waals surface area contributed by atoms with E-state index in [-0.39, 0.29) is 0 Å². The van der Waals surface area contributed by atoms with E-state index in [1.165, 1.54) is 58.2 Å². The number of hydrogen-bond acceptors (Lipinski definition) is 3. The summed E-state index contributed by atoms with van der Waals surface area (Å²) >= 11 is 1.76. The molecule has 3 rings (SSSR count). The maximum Gasteiger partial charge on any atom is 0.232 e. The van der Waals surface area contributed by atoms with Crippen molar-refractivity contribution in [3.8, 4) is 0 Å². The van der Waals surface area contributed by atoms with Gasteiger partial charge < -0.3 is 9.80 Å². The quantitative estimate of drug-likeness (QED) is 0.776. The van der Waals surface area contributed by atoms with Crippen molar-refractivity contribution in [2.24, 2.45) is 17.8 Å². The van der Waals surface area contributed by atoms with E-state index < -0.39 is 0 Å². The van der Waals surface area contributed by atoms with E-state index in [1.54, 1.807) is 11.8 Å². The van der Waals surface area contributed by atoms with Crippen molar-refractivity contribution in [1.29, 1.82) is 0 Å². The molecule has 0 spiro atoms. The van der Waals surface area contributed by atoms with Crippen LogP contribution in [-0.4, -0.2) is 59.9 Å². The third kappa shape index (κ3) is 4.19. The predicted octanol–water partition coefficient (Wildman–Crippen LogP) is 3.10. The first kappa shape index (κ1) is 16.6. The van der Waals surface area contributed by atoms with Gasteiger partial charge in [-0.2, -0.15) is 11.8 Å². The third-order valence-corrected chi connectivity index (χ3v) is 6.84. The summed E-state index contributed by atoms with van der Waals surface area (Å²) in [7, 11) is 0. The summed E-state index contributed by atoms with van der Waals surface area (Å²) < 4.78 is 0. The van der Waals surface area contributed by atoms with Gasteiger partial charge in [-0.05, 0) is 62.3 Å². The number of thioether (sulfide) groups is 1. The molecule has 2 saturated heterocycles. The summed E-state index contributed by atoms with van der Waals surface area (Å²) in [6.45, 7) is 8.07. The second-order valence-electron chi connectivity index (χ2n) is 7.48. The first-order valence-electron chi connectivity index (χ1n) is 9.34. The Morgan fingerprint density at radius 2 is 1.68 bits per heavy atom. The fraction of sp³-hybridized carbons (Fsp3) is 0.944. The minimum atomic E-state index is 0.378. The zero-order chi connectivity index (χ0) is 15.4. The molecule has 3 fully saturated rings. The van der Waals surface area contributed by atoms with Gasteiger partial charge in [-0.15, -0.1) is 0 Å². The van der Waals surface area contributed by atoms with Crippen LogP contribution in [0.1, 0.15) is 45.4 Å². The second-order valence-corrected chi connectivity index (χ2v) is 8.76. The van der Waals surface area contributed by atoms with Crippen LogP contribution in [0.5, 0.6) is 0 Å². The maximum absolute atomic E-state index is 12.2. The van der Waals surface area contributed by atoms with Gasteiger partial charge in [0.2, 0.25) is 5.91 Å². The molecule has 1 saturated carbocycles. The molecule has 126 valence electrons. The monoisotopic (exact) mass is 324 g/mol. The Bertz CT molecular complexity index is 354. The molecule has 0 unspecified atom stereocenters. The highest BCUT2D eigenvalue weighted by molar-refractivity contribution is 7.99. The second kappa shape index (κ2) is 8.05. The Morgan fingerprint density at radius 3 is 2.27 bits per heavy atom. The predicted molar refractivity (Wildman–Crippen MR) is 94.2 cm³/mol. The molecule has 1 aliphatic carbocycles. The molecular formula is C18H32N2OS. The lowest BCUT2D eigenvalue weighted by Gasteiger charge is -2.24. The molecule has 3 aliphatic rings. The molecule has 0 bridgehead atoms. The molecule has 0 N–H and O–H groups in total. The number of carbonyl (C=O) groups excluding carboxylic acids is 1. The minimum Gasteiger partial charge on any atom is -0.341 e. The Morgan fingerprint density at radius 1 is 1.05 bits per heavy atom. The van der Waals surface area contributed by atoms with Crippen LogP contribution in [0.4, 0.5) is 0 Å². The smallest absolute Gasteiger partial charge is 0.232 e. The summed E-state index contributed by atoms with van der Waals surface area (Å²) in [5.74, 6) is 4.62. The molecule has 0 aromatic heterocycles. The van der Waals surface area contributed by atoms with E-state index in [2.05, 4.69) is 16.7 Å². The Balaban J connectivity index is 1.45. The van der Waals surface area contributed by atoms with Gasteiger partial charge >= 0.3 is 0 Å². The average molecular weight is 325 g/mol. The molecule has 3 nitrogen and oxygen atoms in total. The lowest BCUT2D eigenvalue weighted by molar-refractivity contribution is -0.127. The van der Waals surface area contributed by atoms with Crippen molar-refractivity contribution in [2.45, 2.75) is 45.4 Å². The largest absolute Gasteiger partial charge is 0.341 e. The Labute approximate surface area is 140 Å². The summed E-state index contributed by atoms with van der Waals surface area (Å²) in [5.41, 5.74) is 0. The van der Waals surface area contributed by atoms with Crippen molar-refractivity contribution in [2.75, 3.05) is 44.2 Å². The normalized spacial score (nSPS) is 30.5. The van der Waals surface area contributed by atoms with Gasteiger partial charge in [-0.1, -0.05) is 19.8 Å². The van der Waals surface area contributed by atoms with E-state index in [9.17, 15) is 4.79 Å². The SMILES string of the molecule is CCSCC(=O)N1C[C@H]2CCN(CC3CCCC3)CC[C@H]2C1. The molecule has 2 heterocycles. The number of hydrogen-bond donors (Lipinski definition) is 0. The summed E-state index contributed by atoms with van der Waals surface area (Å²) in [6.07, 6.45) is 8.44. The molecule has 0 aromatic carbocycles. The van der Waals surface area contributed by atoms with E-state index in [0.717, 1.165) is 36.6 Å². The molecule has 2 aliphatic heterocycles. The van der Waals surface area contributed by atoms with Gasteiger partial charge in [0.05, 0.1) is 5.75 Å². The first-order chi connectivity index (χ1) is 10.8. The zero-order valence-electron chi connectivity index (χ0n) is 14.1. The molecule has 2 atom stereocenters. The number of amides is 1. The van der Waals surface area contributed by atoms with E-state index in [4.69, 9.17) is 0 Å². The van der Waals surface area contributed by atoms with Crippen LogP contribution in [-0.2, 0) is 4.79 Å². The highest BCUT2D eigenvalue weighted by Crippen LogP contribution is 2.33. The molecule has 4 heteroatoms. The highest BCUT2D eigenvalue weighted by Gasteiger charge is 2.36. The van der Waals surface area contributed by atoms with E-state index in [1.807, 2.05) is 0 Å². The van der Waals surface area contributed by atoms with Gasteiger partial charge in [0.25, 0.3) is 0 Å². The lowest BCUT2D eigenvalue weighted by Crippen LogP contribution is -2.33. The number of fused-ring (bicyclic) bond motifs is 1. The number of nitrogens with zero attached hydrogens (tertiary/aromatic N) is 2. The van der Waals surface area contributed by atoms with Crippen molar-refractivity contribution < 1.29 is 4.79 Å². The highest BCUT2D eigenvalue weighted by atomic mass is 32.2. The Kier molecular flexibility index (Phi) is 6.09. The van der Waals surface area contributed by atoms with Crippen LogP contribution in [0.3, 0.4) is 0 Å². The van der Waals surface area contributed by atoms with Crippen LogP contribution < -0.4 is 0 Å². The zero-order valence-corrected chi connectivity index (χ0v) is 15.0. The minimum absolute atomic E-state index is 0.378. The molecule has 0 radical (unpaired) electrons. The summed E-state index contributed by atoms with van der Waals surface area (Å²) in [5, 5.41) is 0. The van der Waals surface area contributed by atoms with Crippen LogP contribution in [0.2, 0.25) is 0 Å². The average Bonchev–Trinajstić information content (AvgIpc) is 3.13. The Hall–Kier alpha value is -0.220. The van der Waals surface area contributed by atoms with E-state index in [0.29, 0.717) is 11.7 Å². The number of carbonyl (C=O) groups is 1. The molecule has 1 amide bonds. The van der Waals surface area contributed by atoms with Crippen molar-refractivity contribution in [1.82, 2.24) is 9.80 Å². The maximum atomic E-state index is 12.2. The number of rotatable bonds is 5. The van der Waals surface area contributed by atoms with Crippen LogP contribution >= 0.6 is 11.8 Å². The third-order valence-electron chi connectivity index (χ3n) is 5.98. The van der Waals surface area contributed by atoms with Gasteiger partial charge in [0, 0.05) is 19.6 Å². The summed E-state index contributed by atoms with van der Waals surface area (Å²) in [4.78, 5) is 17.1. The lowest BCUT2D eigenvalue weighted by atomic mass is 9.92. The van der Waals surface area contributed by atoms with Crippen LogP contribution in [0.15, 0.2) is 0 Å². The van der Waals surface area contributed by atoms with Crippen LogP contribution in [0.25, 0.3) is 0 Å². The first-order valence-corrected chi connectivity index (χ1v) is 10.5. The topological polar surface area (TPSA) is 23.6 Å². The fourth-order valence-electron chi connectivity index (χ4n) is 4.63. The summed E-state index contributed by atoms with van der Waals surface area (Å²) in [6, 6.07) is 0. The van der Waals surface area contributed by atoms with E-state index >= 15 is 0 Å². The fourth-order valence-corrected chi connectivity index (χ4v) is 5.19. The molecule has 0 aromatic rings. The van der Waals surface area contributed by atoms with Gasteiger partial charge in [-0.3, -0.25) is 4.79 Å². The molecular weight excluding hydrogens is 292 g/mol. The van der Waals surface area contributed by atoms with Gasteiger partial charge in [-0.25, -0.2) is 0 Å². The number of likely N-dealkylation sites (tertiary alicyclic amines) is 2. The van der Waals surface area contributed by atoms with Crippen LogP contribution in [0, 0.1) is 17.8 Å². The molecule has 22 heavy (non-hydrogen) atoms. The van der Waals surface area contributed by atoms with Gasteiger partial charge in [0.15, 0.2) is 0 Å².